The van der Waals surface area contributed by atoms with Gasteiger partial charge in [-0.1, -0.05) is 121 Å². The van der Waals surface area contributed by atoms with Crippen molar-refractivity contribution >= 4 is 11.8 Å². The van der Waals surface area contributed by atoms with Crippen molar-refractivity contribution in [3.8, 4) is 6.07 Å². The zero-order chi connectivity index (χ0) is 27.5. The van der Waals surface area contributed by atoms with Crippen LogP contribution in [0.1, 0.15) is 45.3 Å². The molecule has 0 amide bonds. The summed E-state index contributed by atoms with van der Waals surface area (Å²) in [6, 6.07) is 38.5. The molecule has 5 atom stereocenters. The van der Waals surface area contributed by atoms with Gasteiger partial charge < -0.3 is 9.84 Å². The van der Waals surface area contributed by atoms with E-state index < -0.39 is 34.7 Å². The first-order valence-electron chi connectivity index (χ1n) is 12.9. The number of aliphatic hydroxyl groups is 1. The molecule has 0 radical (unpaired) electrons. The van der Waals surface area contributed by atoms with E-state index in [-0.39, 0.29) is 12.2 Å². The minimum Gasteiger partial charge on any atom is -0.468 e. The number of benzene rings is 4. The van der Waals surface area contributed by atoms with Gasteiger partial charge >= 0.3 is 5.97 Å². The van der Waals surface area contributed by atoms with Gasteiger partial charge in [-0.15, -0.1) is 0 Å². The summed E-state index contributed by atoms with van der Waals surface area (Å²) in [5.41, 5.74) is -1.23. The van der Waals surface area contributed by atoms with E-state index in [9.17, 15) is 20.0 Å². The molecule has 5 heteroatoms. The third-order valence-electron chi connectivity index (χ3n) is 8.09. The van der Waals surface area contributed by atoms with E-state index >= 15 is 0 Å². The van der Waals surface area contributed by atoms with E-state index in [1.807, 2.05) is 84.9 Å². The monoisotopic (exact) mass is 515 g/mol. The third-order valence-corrected chi connectivity index (χ3v) is 8.09. The van der Waals surface area contributed by atoms with Gasteiger partial charge in [0, 0.05) is 17.4 Å². The van der Waals surface area contributed by atoms with Crippen molar-refractivity contribution in [2.24, 2.45) is 11.3 Å². The predicted octanol–water partition coefficient (Wildman–Crippen LogP) is 6.03. The SMILES string of the molecule is COC(=O)C1(C#N)C(c2ccccc2)CC(O)(c2ccccc2)C(C(=O)c2ccccc2)C1c1ccccc1. The number of esters is 1. The molecule has 0 aliphatic heterocycles. The lowest BCUT2D eigenvalue weighted by atomic mass is 9.47. The fraction of sp³-hybridized carbons (Fsp3) is 0.206. The van der Waals surface area contributed by atoms with Gasteiger partial charge in [-0.25, -0.2) is 0 Å². The molecule has 4 aromatic carbocycles. The highest BCUT2D eigenvalue weighted by Crippen LogP contribution is 2.63. The van der Waals surface area contributed by atoms with Crippen molar-refractivity contribution in [1.29, 1.82) is 5.26 Å². The number of methoxy groups -OCH3 is 1. The number of Topliss-reactive ketones (excluding diaryl/α,β-unsaturated/α-hetero) is 1. The summed E-state index contributed by atoms with van der Waals surface area (Å²) in [7, 11) is 1.26. The van der Waals surface area contributed by atoms with Crippen LogP contribution in [0.15, 0.2) is 121 Å². The van der Waals surface area contributed by atoms with Gasteiger partial charge in [-0.3, -0.25) is 9.59 Å². The number of nitriles is 1. The molecule has 1 saturated carbocycles. The molecule has 5 unspecified atom stereocenters. The third kappa shape index (κ3) is 4.33. The maximum atomic E-state index is 14.5. The number of rotatable bonds is 6. The molecule has 39 heavy (non-hydrogen) atoms. The molecule has 1 aliphatic rings. The molecule has 1 fully saturated rings. The van der Waals surface area contributed by atoms with E-state index in [2.05, 4.69) is 6.07 Å². The summed E-state index contributed by atoms with van der Waals surface area (Å²) < 4.78 is 5.34. The Labute approximate surface area is 228 Å². The van der Waals surface area contributed by atoms with Gasteiger partial charge in [0.2, 0.25) is 0 Å². The molecule has 0 bridgehead atoms. The topological polar surface area (TPSA) is 87.4 Å². The minimum absolute atomic E-state index is 0.0315. The van der Waals surface area contributed by atoms with Gasteiger partial charge in [0.25, 0.3) is 0 Å². The van der Waals surface area contributed by atoms with Crippen LogP contribution < -0.4 is 0 Å². The number of ketones is 1. The molecule has 5 nitrogen and oxygen atoms in total. The van der Waals surface area contributed by atoms with Crippen molar-refractivity contribution in [3.63, 3.8) is 0 Å². The first kappa shape index (κ1) is 26.1. The Morgan fingerprint density at radius 2 is 1.28 bits per heavy atom. The van der Waals surface area contributed by atoms with Crippen molar-refractivity contribution in [1.82, 2.24) is 0 Å². The average molecular weight is 516 g/mol. The molecule has 5 rings (SSSR count). The number of ether oxygens (including phenoxy) is 1. The predicted molar refractivity (Wildman–Crippen MR) is 148 cm³/mol. The first-order chi connectivity index (χ1) is 19.0. The Morgan fingerprint density at radius 1 is 0.795 bits per heavy atom. The lowest BCUT2D eigenvalue weighted by molar-refractivity contribution is -0.162. The van der Waals surface area contributed by atoms with E-state index in [1.54, 1.807) is 36.4 Å². The van der Waals surface area contributed by atoms with Crippen LogP contribution in [0.2, 0.25) is 0 Å². The average Bonchev–Trinajstić information content (AvgIpc) is 3.01. The molecule has 1 aliphatic carbocycles. The number of hydrogen-bond acceptors (Lipinski definition) is 5. The van der Waals surface area contributed by atoms with Crippen LogP contribution >= 0.6 is 0 Å². The highest BCUT2D eigenvalue weighted by molar-refractivity contribution is 6.00. The highest BCUT2D eigenvalue weighted by atomic mass is 16.5. The van der Waals surface area contributed by atoms with E-state index in [0.717, 1.165) is 0 Å². The molecule has 194 valence electrons. The van der Waals surface area contributed by atoms with Crippen LogP contribution in [0.5, 0.6) is 0 Å². The molecule has 1 N–H and O–H groups in total. The molecule has 0 saturated heterocycles. The summed E-state index contributed by atoms with van der Waals surface area (Å²) in [6.45, 7) is 0. The summed E-state index contributed by atoms with van der Waals surface area (Å²) in [6.07, 6.45) is -0.0315. The standard InChI is InChI=1S/C34H29NO4/c1-39-32(37)33(23-35)28(24-14-6-2-7-15-24)22-34(38,27-20-12-5-13-21-27)30(29(33)25-16-8-3-9-17-25)31(36)26-18-10-4-11-19-26/h2-21,28-30,38H,22H2,1H3. The lowest BCUT2D eigenvalue weighted by Gasteiger charge is -2.54. The lowest BCUT2D eigenvalue weighted by Crippen LogP contribution is -2.58. The van der Waals surface area contributed by atoms with Crippen LogP contribution in [-0.4, -0.2) is 24.0 Å². The maximum Gasteiger partial charge on any atom is 0.327 e. The normalized spacial score (nSPS) is 26.2. The summed E-state index contributed by atoms with van der Waals surface area (Å²) in [5, 5.41) is 23.8. The Bertz CT molecular complexity index is 1480. The van der Waals surface area contributed by atoms with Gasteiger partial charge in [0.15, 0.2) is 11.2 Å². The van der Waals surface area contributed by atoms with Gasteiger partial charge in [-0.2, -0.15) is 5.26 Å². The van der Waals surface area contributed by atoms with Crippen molar-refractivity contribution in [2.45, 2.75) is 23.9 Å². The van der Waals surface area contributed by atoms with Crippen molar-refractivity contribution in [3.05, 3.63) is 144 Å². The molecular formula is C34H29NO4. The Balaban J connectivity index is 1.88. The molecular weight excluding hydrogens is 486 g/mol. The largest absolute Gasteiger partial charge is 0.468 e. The summed E-state index contributed by atoms with van der Waals surface area (Å²) in [4.78, 5) is 28.4. The van der Waals surface area contributed by atoms with Crippen LogP contribution in [0.25, 0.3) is 0 Å². The van der Waals surface area contributed by atoms with Gasteiger partial charge in [0.1, 0.15) is 5.60 Å². The molecule has 0 spiro atoms. The molecule has 0 aromatic heterocycles. The zero-order valence-electron chi connectivity index (χ0n) is 21.6. The van der Waals surface area contributed by atoms with E-state index in [4.69, 9.17) is 4.74 Å². The second-order valence-electron chi connectivity index (χ2n) is 10.0. The number of nitrogens with zero attached hydrogens (tertiary/aromatic N) is 1. The Hall–Kier alpha value is -4.53. The Morgan fingerprint density at radius 3 is 1.79 bits per heavy atom. The summed E-state index contributed by atoms with van der Waals surface area (Å²) in [5.74, 6) is -4.03. The quantitative estimate of drug-likeness (QED) is 0.250. The van der Waals surface area contributed by atoms with Crippen LogP contribution in [0.3, 0.4) is 0 Å². The number of carbonyl (C=O) groups excluding carboxylic acids is 2. The smallest absolute Gasteiger partial charge is 0.327 e. The Kier molecular flexibility index (Phi) is 7.15. The van der Waals surface area contributed by atoms with Crippen molar-refractivity contribution in [2.75, 3.05) is 7.11 Å². The second kappa shape index (κ2) is 10.7. The van der Waals surface area contributed by atoms with E-state index in [1.165, 1.54) is 7.11 Å². The first-order valence-corrected chi connectivity index (χ1v) is 12.9. The van der Waals surface area contributed by atoms with Crippen LogP contribution in [0, 0.1) is 22.7 Å². The molecule has 4 aromatic rings. The van der Waals surface area contributed by atoms with E-state index in [0.29, 0.717) is 22.3 Å². The zero-order valence-corrected chi connectivity index (χ0v) is 21.6. The van der Waals surface area contributed by atoms with Crippen molar-refractivity contribution < 1.29 is 19.4 Å². The number of hydrogen-bond donors (Lipinski definition) is 1. The second-order valence-corrected chi connectivity index (χ2v) is 10.0. The molecule has 0 heterocycles. The summed E-state index contributed by atoms with van der Waals surface area (Å²) >= 11 is 0. The fourth-order valence-electron chi connectivity index (χ4n) is 6.34. The van der Waals surface area contributed by atoms with Crippen LogP contribution in [0.4, 0.5) is 0 Å². The maximum absolute atomic E-state index is 14.5. The van der Waals surface area contributed by atoms with Gasteiger partial charge in [-0.05, 0) is 23.1 Å². The highest BCUT2D eigenvalue weighted by Gasteiger charge is 2.67. The number of carbonyl (C=O) groups is 2. The minimum atomic E-state index is -1.80. The van der Waals surface area contributed by atoms with Gasteiger partial charge in [0.05, 0.1) is 19.1 Å². The van der Waals surface area contributed by atoms with Crippen LogP contribution in [-0.2, 0) is 15.1 Å². The fourth-order valence-corrected chi connectivity index (χ4v) is 6.34.